The third kappa shape index (κ3) is 10.9. The van der Waals surface area contributed by atoms with Crippen molar-refractivity contribution in [2.75, 3.05) is 19.8 Å². The summed E-state index contributed by atoms with van der Waals surface area (Å²) in [7, 11) is 0. The largest absolute Gasteiger partial charge is 0.460 e. The lowest BCUT2D eigenvalue weighted by molar-refractivity contribution is -0.140. The summed E-state index contributed by atoms with van der Waals surface area (Å²) < 4.78 is 10.1. The fourth-order valence-corrected chi connectivity index (χ4v) is 1.03. The second-order valence-electron chi connectivity index (χ2n) is 3.68. The van der Waals surface area contributed by atoms with Gasteiger partial charge in [0.25, 0.3) is 0 Å². The highest BCUT2D eigenvalue weighted by Gasteiger charge is 2.01. The second-order valence-corrected chi connectivity index (χ2v) is 3.68. The zero-order chi connectivity index (χ0) is 12.9. The molecule has 0 aromatic heterocycles. The molecule has 0 saturated carbocycles. The van der Waals surface area contributed by atoms with Gasteiger partial charge in [-0.1, -0.05) is 24.8 Å². The van der Waals surface area contributed by atoms with Crippen LogP contribution in [-0.2, 0) is 14.3 Å². The van der Waals surface area contributed by atoms with E-state index >= 15 is 0 Å². The maximum atomic E-state index is 11.0. The summed E-state index contributed by atoms with van der Waals surface area (Å²) in [6, 6.07) is 0. The van der Waals surface area contributed by atoms with Crippen LogP contribution in [0.3, 0.4) is 0 Å². The van der Waals surface area contributed by atoms with Crippen LogP contribution in [-0.4, -0.2) is 25.8 Å². The molecule has 0 aliphatic rings. The van der Waals surface area contributed by atoms with E-state index in [0.717, 1.165) is 19.3 Å². The van der Waals surface area contributed by atoms with E-state index in [1.54, 1.807) is 6.92 Å². The van der Waals surface area contributed by atoms with E-state index in [0.29, 0.717) is 18.8 Å². The maximum absolute atomic E-state index is 11.0. The first-order chi connectivity index (χ1) is 8.18. The zero-order valence-corrected chi connectivity index (χ0v) is 10.6. The molecule has 0 fully saturated rings. The fourth-order valence-electron chi connectivity index (χ4n) is 1.03. The SMILES string of the molecule is C=CCCCC=CCOCCOC(=O)C(=C)C. The van der Waals surface area contributed by atoms with Gasteiger partial charge in [-0.2, -0.15) is 0 Å². The Bertz CT molecular complexity index is 267. The van der Waals surface area contributed by atoms with Crippen LogP contribution in [0.15, 0.2) is 37.0 Å². The molecule has 0 heterocycles. The number of ether oxygens (including phenoxy) is 2. The Morgan fingerprint density at radius 3 is 2.65 bits per heavy atom. The fraction of sp³-hybridized carbons (Fsp3) is 0.500. The molecular formula is C14H22O3. The number of carbonyl (C=O) groups is 1. The number of hydrogen-bond acceptors (Lipinski definition) is 3. The van der Waals surface area contributed by atoms with E-state index in [2.05, 4.69) is 19.2 Å². The molecule has 0 radical (unpaired) electrons. The van der Waals surface area contributed by atoms with E-state index in [4.69, 9.17) is 9.47 Å². The molecule has 0 spiro atoms. The second kappa shape index (κ2) is 11.1. The molecule has 96 valence electrons. The smallest absolute Gasteiger partial charge is 0.333 e. The molecule has 0 atom stereocenters. The highest BCUT2D eigenvalue weighted by molar-refractivity contribution is 5.86. The van der Waals surface area contributed by atoms with Crippen LogP contribution in [0.4, 0.5) is 0 Å². The lowest BCUT2D eigenvalue weighted by Gasteiger charge is -2.03. The summed E-state index contributed by atoms with van der Waals surface area (Å²) in [5.74, 6) is -0.367. The molecule has 0 saturated heterocycles. The van der Waals surface area contributed by atoms with Gasteiger partial charge in [-0.25, -0.2) is 4.79 Å². The van der Waals surface area contributed by atoms with Crippen molar-refractivity contribution in [1.29, 1.82) is 0 Å². The summed E-state index contributed by atoms with van der Waals surface area (Å²) in [5.41, 5.74) is 0.409. The molecule has 0 bridgehead atoms. The molecular weight excluding hydrogens is 216 g/mol. The van der Waals surface area contributed by atoms with Crippen molar-refractivity contribution in [3.8, 4) is 0 Å². The van der Waals surface area contributed by atoms with Gasteiger partial charge in [-0.3, -0.25) is 0 Å². The number of carbonyl (C=O) groups excluding carboxylic acids is 1. The minimum Gasteiger partial charge on any atom is -0.460 e. The van der Waals surface area contributed by atoms with Crippen LogP contribution in [0.5, 0.6) is 0 Å². The quantitative estimate of drug-likeness (QED) is 0.254. The van der Waals surface area contributed by atoms with E-state index in [1.807, 2.05) is 12.2 Å². The normalized spacial score (nSPS) is 10.4. The van der Waals surface area contributed by atoms with Crippen LogP contribution in [0, 0.1) is 0 Å². The van der Waals surface area contributed by atoms with Crippen LogP contribution in [0.25, 0.3) is 0 Å². The highest BCUT2D eigenvalue weighted by Crippen LogP contribution is 1.96. The maximum Gasteiger partial charge on any atom is 0.333 e. The predicted octanol–water partition coefficient (Wildman–Crippen LogP) is 3.03. The van der Waals surface area contributed by atoms with E-state index in [9.17, 15) is 4.79 Å². The highest BCUT2D eigenvalue weighted by atomic mass is 16.6. The molecule has 3 nitrogen and oxygen atoms in total. The van der Waals surface area contributed by atoms with Gasteiger partial charge in [-0.15, -0.1) is 6.58 Å². The van der Waals surface area contributed by atoms with Crippen molar-refractivity contribution >= 4 is 5.97 Å². The summed E-state index contributed by atoms with van der Waals surface area (Å²) in [4.78, 5) is 11.0. The number of unbranched alkanes of at least 4 members (excludes halogenated alkanes) is 2. The molecule has 0 aliphatic heterocycles. The standard InChI is InChI=1S/C14H22O3/c1-4-5-6-7-8-9-10-16-11-12-17-14(15)13(2)3/h4,8-9H,1-2,5-7,10-12H2,3H3. The number of esters is 1. The summed E-state index contributed by atoms with van der Waals surface area (Å²) in [6.45, 7) is 10.0. The molecule has 17 heavy (non-hydrogen) atoms. The third-order valence-corrected chi connectivity index (χ3v) is 1.97. The van der Waals surface area contributed by atoms with Crippen molar-refractivity contribution in [1.82, 2.24) is 0 Å². The van der Waals surface area contributed by atoms with Crippen molar-refractivity contribution in [2.24, 2.45) is 0 Å². The molecule has 0 unspecified atom stereocenters. The Labute approximate surface area is 104 Å². The molecule has 0 N–H and O–H groups in total. The number of hydrogen-bond donors (Lipinski definition) is 0. The Morgan fingerprint density at radius 2 is 2.00 bits per heavy atom. The van der Waals surface area contributed by atoms with Crippen LogP contribution in [0.2, 0.25) is 0 Å². The Balaban J connectivity index is 3.26. The van der Waals surface area contributed by atoms with Gasteiger partial charge >= 0.3 is 5.97 Å². The van der Waals surface area contributed by atoms with E-state index < -0.39 is 0 Å². The minimum atomic E-state index is -0.367. The van der Waals surface area contributed by atoms with Gasteiger partial charge in [0.1, 0.15) is 6.61 Å². The summed E-state index contributed by atoms with van der Waals surface area (Å²) >= 11 is 0. The topological polar surface area (TPSA) is 35.5 Å². The molecule has 0 rings (SSSR count). The van der Waals surface area contributed by atoms with Crippen LogP contribution in [0.1, 0.15) is 26.2 Å². The summed E-state index contributed by atoms with van der Waals surface area (Å²) in [5, 5.41) is 0. The van der Waals surface area contributed by atoms with Crippen LogP contribution >= 0.6 is 0 Å². The van der Waals surface area contributed by atoms with E-state index in [1.165, 1.54) is 0 Å². The first-order valence-electron chi connectivity index (χ1n) is 5.84. The summed E-state index contributed by atoms with van der Waals surface area (Å²) in [6.07, 6.45) is 9.19. The van der Waals surface area contributed by atoms with Gasteiger partial charge in [-0.05, 0) is 26.2 Å². The monoisotopic (exact) mass is 238 g/mol. The predicted molar refractivity (Wildman–Crippen MR) is 69.8 cm³/mol. The lowest BCUT2D eigenvalue weighted by Crippen LogP contribution is -2.10. The Morgan fingerprint density at radius 1 is 1.24 bits per heavy atom. The third-order valence-electron chi connectivity index (χ3n) is 1.97. The average Bonchev–Trinajstić information content (AvgIpc) is 2.31. The first-order valence-corrected chi connectivity index (χ1v) is 5.84. The Hall–Kier alpha value is -1.35. The molecule has 0 aromatic carbocycles. The molecule has 0 aromatic rings. The molecule has 0 aliphatic carbocycles. The molecule has 0 amide bonds. The van der Waals surface area contributed by atoms with Gasteiger partial charge in [0, 0.05) is 5.57 Å². The lowest BCUT2D eigenvalue weighted by atomic mass is 10.2. The van der Waals surface area contributed by atoms with Gasteiger partial charge in [0.05, 0.1) is 13.2 Å². The van der Waals surface area contributed by atoms with Gasteiger partial charge in [0.2, 0.25) is 0 Å². The number of allylic oxidation sites excluding steroid dienone is 2. The van der Waals surface area contributed by atoms with Crippen LogP contribution < -0.4 is 0 Å². The van der Waals surface area contributed by atoms with Crippen molar-refractivity contribution in [2.45, 2.75) is 26.2 Å². The number of rotatable bonds is 10. The van der Waals surface area contributed by atoms with Gasteiger partial charge in [0.15, 0.2) is 0 Å². The van der Waals surface area contributed by atoms with Crippen molar-refractivity contribution in [3.63, 3.8) is 0 Å². The van der Waals surface area contributed by atoms with E-state index in [-0.39, 0.29) is 12.6 Å². The zero-order valence-electron chi connectivity index (χ0n) is 10.6. The average molecular weight is 238 g/mol. The minimum absolute atomic E-state index is 0.274. The van der Waals surface area contributed by atoms with Crippen molar-refractivity contribution in [3.05, 3.63) is 37.0 Å². The van der Waals surface area contributed by atoms with Gasteiger partial charge < -0.3 is 9.47 Å². The first kappa shape index (κ1) is 15.7. The van der Waals surface area contributed by atoms with Crippen molar-refractivity contribution < 1.29 is 14.3 Å². The molecule has 3 heteroatoms. The Kier molecular flexibility index (Phi) is 10.3.